The fourth-order valence-electron chi connectivity index (χ4n) is 3.56. The van der Waals surface area contributed by atoms with Gasteiger partial charge in [0.25, 0.3) is 5.56 Å². The Bertz CT molecular complexity index is 1250. The summed E-state index contributed by atoms with van der Waals surface area (Å²) >= 11 is 1.05. The summed E-state index contributed by atoms with van der Waals surface area (Å²) in [6.07, 6.45) is -5.35. The molecular formula is C20H16F4N2O4S. The molecule has 0 radical (unpaired) electrons. The molecule has 2 aromatic carbocycles. The molecule has 1 aromatic heterocycles. The first kappa shape index (κ1) is 21.6. The molecule has 0 saturated carbocycles. The quantitative estimate of drug-likeness (QED) is 0.480. The summed E-state index contributed by atoms with van der Waals surface area (Å²) < 4.78 is 67.2. The highest BCUT2D eigenvalue weighted by Gasteiger charge is 2.38. The Labute approximate surface area is 176 Å². The highest BCUT2D eigenvalue weighted by Crippen LogP contribution is 2.46. The van der Waals surface area contributed by atoms with Crippen LogP contribution >= 0.6 is 11.8 Å². The number of H-pyrrole nitrogens is 1. The van der Waals surface area contributed by atoms with Gasteiger partial charge in [0, 0.05) is 23.3 Å². The van der Waals surface area contributed by atoms with Crippen molar-refractivity contribution in [1.82, 2.24) is 9.55 Å². The first-order valence-corrected chi connectivity index (χ1v) is 10.1. The average Bonchev–Trinajstić information content (AvgIpc) is 2.90. The molecule has 31 heavy (non-hydrogen) atoms. The summed E-state index contributed by atoms with van der Waals surface area (Å²) in [7, 11) is 1.42. The van der Waals surface area contributed by atoms with E-state index in [4.69, 9.17) is 9.47 Å². The second kappa shape index (κ2) is 8.13. The topological polar surface area (TPSA) is 73.3 Å². The van der Waals surface area contributed by atoms with Crippen LogP contribution in [0.25, 0.3) is 22.0 Å². The maximum atomic E-state index is 14.0. The van der Waals surface area contributed by atoms with Gasteiger partial charge in [-0.05, 0) is 23.8 Å². The molecule has 0 fully saturated rings. The molecule has 2 heterocycles. The molecule has 0 amide bonds. The largest absolute Gasteiger partial charge is 0.417 e. The summed E-state index contributed by atoms with van der Waals surface area (Å²) in [5, 5.41) is -0.257. The summed E-state index contributed by atoms with van der Waals surface area (Å²) in [6.45, 7) is -0.0505. The third-order valence-corrected chi connectivity index (χ3v) is 6.12. The van der Waals surface area contributed by atoms with E-state index in [1.165, 1.54) is 23.8 Å². The van der Waals surface area contributed by atoms with Crippen molar-refractivity contribution in [3.8, 4) is 11.1 Å². The van der Waals surface area contributed by atoms with Crippen LogP contribution in [-0.2, 0) is 22.2 Å². The molecule has 0 bridgehead atoms. The standard InChI is InChI=1S/C20H16F4N2O4S/c1-29-9-30-12-7-26-16-13(18(27)25-19(26)28)6-14(20(22,23)24)15(17(16)31-8-12)10-2-4-11(21)5-3-10/h2-6,12H,7-9H2,1H3,(H,25,27,28)/t12-/m0/s1. The molecule has 0 saturated heterocycles. The van der Waals surface area contributed by atoms with Crippen LogP contribution in [0.5, 0.6) is 0 Å². The van der Waals surface area contributed by atoms with Crippen LogP contribution in [0.15, 0.2) is 44.8 Å². The van der Waals surface area contributed by atoms with Gasteiger partial charge >= 0.3 is 11.9 Å². The van der Waals surface area contributed by atoms with Crippen molar-refractivity contribution >= 4 is 22.7 Å². The summed E-state index contributed by atoms with van der Waals surface area (Å²) in [5.41, 5.74) is -2.71. The van der Waals surface area contributed by atoms with Gasteiger partial charge in [0.1, 0.15) is 12.6 Å². The van der Waals surface area contributed by atoms with E-state index in [0.717, 1.165) is 30.0 Å². The van der Waals surface area contributed by atoms with Crippen LogP contribution < -0.4 is 11.2 Å². The first-order chi connectivity index (χ1) is 14.7. The van der Waals surface area contributed by atoms with Crippen molar-refractivity contribution < 1.29 is 27.0 Å². The van der Waals surface area contributed by atoms with Crippen LogP contribution in [0.4, 0.5) is 17.6 Å². The van der Waals surface area contributed by atoms with Crippen LogP contribution in [0.3, 0.4) is 0 Å². The van der Waals surface area contributed by atoms with Crippen LogP contribution in [-0.4, -0.2) is 35.3 Å². The SMILES string of the molecule is COCO[C@@H]1CSc2c(-c3ccc(F)cc3)c(C(F)(F)F)cc3c(=O)[nH]c(=O)n(c23)C1. The molecule has 0 unspecified atom stereocenters. The van der Waals surface area contributed by atoms with Crippen LogP contribution in [0, 0.1) is 5.82 Å². The highest BCUT2D eigenvalue weighted by atomic mass is 32.2. The normalized spacial score (nSPS) is 16.5. The van der Waals surface area contributed by atoms with Gasteiger partial charge in [0.15, 0.2) is 0 Å². The van der Waals surface area contributed by atoms with E-state index < -0.39 is 34.9 Å². The number of thioether (sulfide) groups is 1. The van der Waals surface area contributed by atoms with E-state index in [2.05, 4.69) is 4.98 Å². The van der Waals surface area contributed by atoms with Crippen molar-refractivity contribution in [2.24, 2.45) is 0 Å². The van der Waals surface area contributed by atoms with Gasteiger partial charge in [-0.3, -0.25) is 14.3 Å². The smallest absolute Gasteiger partial charge is 0.359 e. The molecule has 0 aliphatic carbocycles. The van der Waals surface area contributed by atoms with E-state index in [1.54, 1.807) is 0 Å². The van der Waals surface area contributed by atoms with Crippen LogP contribution in [0.1, 0.15) is 5.56 Å². The van der Waals surface area contributed by atoms with Crippen molar-refractivity contribution in [2.75, 3.05) is 19.7 Å². The van der Waals surface area contributed by atoms with E-state index >= 15 is 0 Å². The minimum Gasteiger partial charge on any atom is -0.359 e. The fourth-order valence-corrected chi connectivity index (χ4v) is 4.84. The number of hydrogen-bond acceptors (Lipinski definition) is 5. The number of ether oxygens (including phenoxy) is 2. The van der Waals surface area contributed by atoms with Crippen molar-refractivity contribution in [3.63, 3.8) is 0 Å². The molecule has 1 aliphatic rings. The number of rotatable bonds is 4. The predicted octanol–water partition coefficient (Wildman–Crippen LogP) is 3.61. The summed E-state index contributed by atoms with van der Waals surface area (Å²) in [6, 6.07) is 5.33. The molecule has 1 N–H and O–H groups in total. The lowest BCUT2D eigenvalue weighted by atomic mass is 9.96. The number of hydrogen-bond donors (Lipinski definition) is 1. The van der Waals surface area contributed by atoms with E-state index in [-0.39, 0.29) is 46.0 Å². The number of halogens is 4. The molecule has 11 heteroatoms. The summed E-state index contributed by atoms with van der Waals surface area (Å²) in [5.74, 6) is -0.387. The van der Waals surface area contributed by atoms with Crippen LogP contribution in [0.2, 0.25) is 0 Å². The number of alkyl halides is 3. The predicted molar refractivity (Wildman–Crippen MR) is 107 cm³/mol. The Morgan fingerprint density at radius 2 is 1.94 bits per heavy atom. The lowest BCUT2D eigenvalue weighted by Gasteiger charge is -2.19. The van der Waals surface area contributed by atoms with Crippen molar-refractivity contribution in [1.29, 1.82) is 0 Å². The second-order valence-electron chi connectivity index (χ2n) is 6.91. The Balaban J connectivity index is 2.09. The molecule has 6 nitrogen and oxygen atoms in total. The number of aromatic amines is 1. The van der Waals surface area contributed by atoms with Gasteiger partial charge < -0.3 is 9.47 Å². The second-order valence-corrected chi connectivity index (χ2v) is 7.94. The molecule has 4 rings (SSSR count). The van der Waals surface area contributed by atoms with Gasteiger partial charge in [-0.25, -0.2) is 9.18 Å². The Hall–Kier alpha value is -2.63. The minimum absolute atomic E-state index is 0.0176. The van der Waals surface area contributed by atoms with E-state index in [1.807, 2.05) is 0 Å². The average molecular weight is 456 g/mol. The fraction of sp³-hybridized carbons (Fsp3) is 0.300. The minimum atomic E-state index is -4.79. The number of benzene rings is 2. The molecule has 1 aliphatic heterocycles. The van der Waals surface area contributed by atoms with Crippen molar-refractivity contribution in [3.05, 3.63) is 62.6 Å². The maximum Gasteiger partial charge on any atom is 0.417 e. The molecule has 3 aromatic rings. The van der Waals surface area contributed by atoms with E-state index in [9.17, 15) is 27.2 Å². The molecule has 0 spiro atoms. The zero-order valence-corrected chi connectivity index (χ0v) is 16.9. The molecular weight excluding hydrogens is 440 g/mol. The lowest BCUT2D eigenvalue weighted by molar-refractivity contribution is -0.137. The Morgan fingerprint density at radius 3 is 2.58 bits per heavy atom. The van der Waals surface area contributed by atoms with Gasteiger partial charge in [-0.1, -0.05) is 12.1 Å². The van der Waals surface area contributed by atoms with Gasteiger partial charge in [-0.15, -0.1) is 11.8 Å². The van der Waals surface area contributed by atoms with Gasteiger partial charge in [0.05, 0.1) is 29.1 Å². The zero-order chi connectivity index (χ0) is 22.3. The Kier molecular flexibility index (Phi) is 5.67. The third-order valence-electron chi connectivity index (χ3n) is 4.90. The zero-order valence-electron chi connectivity index (χ0n) is 16.1. The number of nitrogens with one attached hydrogen (secondary N) is 1. The van der Waals surface area contributed by atoms with Crippen molar-refractivity contribution in [2.45, 2.75) is 23.7 Å². The highest BCUT2D eigenvalue weighted by molar-refractivity contribution is 7.99. The first-order valence-electron chi connectivity index (χ1n) is 9.11. The number of aromatic nitrogens is 2. The molecule has 1 atom stereocenters. The molecule has 164 valence electrons. The Morgan fingerprint density at radius 1 is 1.23 bits per heavy atom. The number of nitrogens with zero attached hydrogens (tertiary/aromatic N) is 1. The number of methoxy groups -OCH3 is 1. The third kappa shape index (κ3) is 4.00. The lowest BCUT2D eigenvalue weighted by Crippen LogP contribution is -2.34. The van der Waals surface area contributed by atoms with Gasteiger partial charge in [-0.2, -0.15) is 13.2 Å². The van der Waals surface area contributed by atoms with Gasteiger partial charge in [0.2, 0.25) is 0 Å². The maximum absolute atomic E-state index is 14.0. The van der Waals surface area contributed by atoms with E-state index in [0.29, 0.717) is 0 Å². The summed E-state index contributed by atoms with van der Waals surface area (Å²) in [4.78, 5) is 27.2. The monoisotopic (exact) mass is 456 g/mol.